The molecule has 1 aliphatic rings. The molecule has 6 unspecified atom stereocenters. The third-order valence-corrected chi connectivity index (χ3v) is 9.14. The fraction of sp³-hybridized carbons (Fsp3) is 0.727. The van der Waals surface area contributed by atoms with Crippen LogP contribution in [0.1, 0.15) is 149 Å². The lowest BCUT2D eigenvalue weighted by molar-refractivity contribution is -0.305. The van der Waals surface area contributed by atoms with Crippen molar-refractivity contribution in [3.8, 4) is 0 Å². The van der Waals surface area contributed by atoms with Gasteiger partial charge in [-0.25, -0.2) is 0 Å². The maximum absolute atomic E-state index is 12.7. The van der Waals surface area contributed by atoms with E-state index in [4.69, 9.17) is 18.9 Å². The number of ether oxygens (including phenoxy) is 4. The van der Waals surface area contributed by atoms with Crippen LogP contribution in [0.15, 0.2) is 60.8 Å². The Bertz CT molecular complexity index is 1070. The van der Waals surface area contributed by atoms with Crippen LogP contribution in [0.3, 0.4) is 0 Å². The second kappa shape index (κ2) is 34.9. The largest absolute Gasteiger partial charge is 0.462 e. The molecule has 310 valence electrons. The first kappa shape index (κ1) is 49.4. The second-order valence-corrected chi connectivity index (χ2v) is 14.1. The van der Waals surface area contributed by atoms with Crippen LogP contribution in [0.2, 0.25) is 0 Å². The van der Waals surface area contributed by atoms with Crippen molar-refractivity contribution in [1.29, 1.82) is 0 Å². The summed E-state index contributed by atoms with van der Waals surface area (Å²) in [5.41, 5.74) is 0. The SMILES string of the molecule is CC/C=C\C/C=C\C/C=C\CCCCCCCC(=O)OC(COC(=O)CCCCCCC/C=C\C/C=C\CCCC)COC1OC(CO)C(O)C(O)C1O. The zero-order valence-corrected chi connectivity index (χ0v) is 33.4. The highest BCUT2D eigenvalue weighted by atomic mass is 16.7. The first-order valence-corrected chi connectivity index (χ1v) is 20.9. The Morgan fingerprint density at radius 3 is 1.65 bits per heavy atom. The molecule has 1 aliphatic heterocycles. The quantitative estimate of drug-likeness (QED) is 0.0292. The summed E-state index contributed by atoms with van der Waals surface area (Å²) in [6.45, 7) is 3.21. The zero-order chi connectivity index (χ0) is 39.5. The molecule has 4 N–H and O–H groups in total. The Morgan fingerprint density at radius 1 is 0.593 bits per heavy atom. The van der Waals surface area contributed by atoms with E-state index in [1.54, 1.807) is 0 Å². The van der Waals surface area contributed by atoms with E-state index < -0.39 is 55.4 Å². The number of aliphatic hydroxyl groups is 4. The topological polar surface area (TPSA) is 152 Å². The average molecular weight is 763 g/mol. The fourth-order valence-corrected chi connectivity index (χ4v) is 5.81. The van der Waals surface area contributed by atoms with Crippen molar-refractivity contribution >= 4 is 11.9 Å². The van der Waals surface area contributed by atoms with Crippen LogP contribution < -0.4 is 0 Å². The highest BCUT2D eigenvalue weighted by Crippen LogP contribution is 2.22. The van der Waals surface area contributed by atoms with E-state index in [0.717, 1.165) is 96.3 Å². The van der Waals surface area contributed by atoms with Gasteiger partial charge < -0.3 is 39.4 Å². The summed E-state index contributed by atoms with van der Waals surface area (Å²) in [6.07, 6.45) is 33.7. The maximum atomic E-state index is 12.7. The Hall–Kier alpha value is -2.60. The van der Waals surface area contributed by atoms with Gasteiger partial charge in [0.05, 0.1) is 13.2 Å². The summed E-state index contributed by atoms with van der Waals surface area (Å²) < 4.78 is 22.1. The minimum atomic E-state index is -1.60. The van der Waals surface area contributed by atoms with Crippen molar-refractivity contribution in [3.05, 3.63) is 60.8 Å². The number of unbranched alkanes of at least 4 members (excludes halogenated alkanes) is 12. The van der Waals surface area contributed by atoms with Gasteiger partial charge in [0.25, 0.3) is 0 Å². The van der Waals surface area contributed by atoms with E-state index in [-0.39, 0.29) is 26.1 Å². The van der Waals surface area contributed by atoms with Crippen LogP contribution in [0.5, 0.6) is 0 Å². The van der Waals surface area contributed by atoms with Crippen LogP contribution in [0, 0.1) is 0 Å². The molecular formula is C44H74O10. The molecule has 1 saturated heterocycles. The molecule has 54 heavy (non-hydrogen) atoms. The zero-order valence-electron chi connectivity index (χ0n) is 33.4. The van der Waals surface area contributed by atoms with E-state index in [1.807, 2.05) is 0 Å². The second-order valence-electron chi connectivity index (χ2n) is 14.1. The molecule has 0 bridgehead atoms. The summed E-state index contributed by atoms with van der Waals surface area (Å²) in [5, 5.41) is 40.0. The van der Waals surface area contributed by atoms with Crippen LogP contribution in [0.25, 0.3) is 0 Å². The van der Waals surface area contributed by atoms with Crippen LogP contribution >= 0.6 is 0 Å². The molecule has 0 amide bonds. The molecule has 0 aromatic rings. The van der Waals surface area contributed by atoms with Crippen LogP contribution in [-0.2, 0) is 28.5 Å². The van der Waals surface area contributed by atoms with Gasteiger partial charge in [0.2, 0.25) is 0 Å². The molecule has 0 spiro atoms. The maximum Gasteiger partial charge on any atom is 0.306 e. The predicted octanol–water partition coefficient (Wildman–Crippen LogP) is 8.27. The molecule has 0 radical (unpaired) electrons. The number of aliphatic hydroxyl groups excluding tert-OH is 4. The Balaban J connectivity index is 2.39. The predicted molar refractivity (Wildman–Crippen MR) is 215 cm³/mol. The first-order valence-electron chi connectivity index (χ1n) is 20.9. The lowest BCUT2D eigenvalue weighted by Gasteiger charge is -2.39. The van der Waals surface area contributed by atoms with E-state index in [2.05, 4.69) is 74.6 Å². The third kappa shape index (κ3) is 26.2. The average Bonchev–Trinajstić information content (AvgIpc) is 3.17. The molecule has 10 heteroatoms. The van der Waals surface area contributed by atoms with Gasteiger partial charge in [-0.1, -0.05) is 126 Å². The van der Waals surface area contributed by atoms with Gasteiger partial charge in [0.1, 0.15) is 31.0 Å². The lowest BCUT2D eigenvalue weighted by atomic mass is 9.99. The van der Waals surface area contributed by atoms with Gasteiger partial charge >= 0.3 is 11.9 Å². The molecule has 0 saturated carbocycles. The van der Waals surface area contributed by atoms with Crippen molar-refractivity contribution in [2.45, 2.75) is 185 Å². The van der Waals surface area contributed by atoms with E-state index in [9.17, 15) is 30.0 Å². The number of rotatable bonds is 33. The Labute approximate surface area is 326 Å². The molecule has 1 heterocycles. The van der Waals surface area contributed by atoms with E-state index in [1.165, 1.54) is 12.8 Å². The molecule has 0 aromatic carbocycles. The van der Waals surface area contributed by atoms with Gasteiger partial charge in [-0.05, 0) is 70.6 Å². The van der Waals surface area contributed by atoms with E-state index in [0.29, 0.717) is 12.8 Å². The summed E-state index contributed by atoms with van der Waals surface area (Å²) in [6, 6.07) is 0. The van der Waals surface area contributed by atoms with Crippen molar-refractivity contribution in [1.82, 2.24) is 0 Å². The van der Waals surface area contributed by atoms with Crippen LogP contribution in [0.4, 0.5) is 0 Å². The monoisotopic (exact) mass is 763 g/mol. The van der Waals surface area contributed by atoms with Gasteiger partial charge in [-0.2, -0.15) is 0 Å². The highest BCUT2D eigenvalue weighted by molar-refractivity contribution is 5.70. The number of hydrogen-bond donors (Lipinski definition) is 4. The molecule has 1 fully saturated rings. The van der Waals surface area contributed by atoms with Crippen molar-refractivity contribution < 1.29 is 49.0 Å². The normalized spacial score (nSPS) is 21.3. The number of esters is 2. The molecular weight excluding hydrogens is 688 g/mol. The summed E-state index contributed by atoms with van der Waals surface area (Å²) in [4.78, 5) is 25.2. The molecule has 0 aromatic heterocycles. The molecule has 10 nitrogen and oxygen atoms in total. The third-order valence-electron chi connectivity index (χ3n) is 9.14. The van der Waals surface area contributed by atoms with Gasteiger partial charge in [0, 0.05) is 12.8 Å². The van der Waals surface area contributed by atoms with Crippen molar-refractivity contribution in [2.75, 3.05) is 19.8 Å². The highest BCUT2D eigenvalue weighted by Gasteiger charge is 2.44. The molecule has 0 aliphatic carbocycles. The summed E-state index contributed by atoms with van der Waals surface area (Å²) >= 11 is 0. The molecule has 1 rings (SSSR count). The first-order chi connectivity index (χ1) is 26.3. The number of carbonyl (C=O) groups excluding carboxylic acids is 2. The van der Waals surface area contributed by atoms with Gasteiger partial charge in [-0.3, -0.25) is 9.59 Å². The standard InChI is InChI=1S/C44H74O10/c1-3-5-7-9-11-13-15-17-19-21-23-25-27-29-31-33-40(47)53-37(36-52-44-43(50)42(49)41(48)38(34-45)54-44)35-51-39(46)32-30-28-26-24-22-20-18-16-14-12-10-8-6-4-2/h5,7,10-13,16-19,37-38,41-45,48-50H,3-4,6,8-9,14-15,20-36H2,1-2H3/b7-5-,12-10-,13-11-,18-16-,19-17-. The number of carbonyl (C=O) groups is 2. The van der Waals surface area contributed by atoms with E-state index >= 15 is 0 Å². The van der Waals surface area contributed by atoms with Gasteiger partial charge in [-0.15, -0.1) is 0 Å². The summed E-state index contributed by atoms with van der Waals surface area (Å²) in [5.74, 6) is -0.849. The number of hydrogen-bond acceptors (Lipinski definition) is 10. The van der Waals surface area contributed by atoms with Crippen LogP contribution in [-0.4, -0.2) is 89.0 Å². The lowest BCUT2D eigenvalue weighted by Crippen LogP contribution is -2.59. The van der Waals surface area contributed by atoms with Crippen molar-refractivity contribution in [2.24, 2.45) is 0 Å². The minimum absolute atomic E-state index is 0.204. The van der Waals surface area contributed by atoms with Crippen molar-refractivity contribution in [3.63, 3.8) is 0 Å². The smallest absolute Gasteiger partial charge is 0.306 e. The summed E-state index contributed by atoms with van der Waals surface area (Å²) in [7, 11) is 0. The fourth-order valence-electron chi connectivity index (χ4n) is 5.81. The Morgan fingerprint density at radius 2 is 1.09 bits per heavy atom. The number of allylic oxidation sites excluding steroid dienone is 10. The minimum Gasteiger partial charge on any atom is -0.462 e. The van der Waals surface area contributed by atoms with Gasteiger partial charge in [0.15, 0.2) is 12.4 Å². The molecule has 6 atom stereocenters. The Kier molecular flexibility index (Phi) is 31.9.